The fourth-order valence-corrected chi connectivity index (χ4v) is 3.67. The second-order valence-corrected chi connectivity index (χ2v) is 5.94. The molecule has 1 aromatic carbocycles. The summed E-state index contributed by atoms with van der Waals surface area (Å²) in [5, 5.41) is 2.30. The highest BCUT2D eigenvalue weighted by molar-refractivity contribution is 9.05. The molecule has 0 amide bonds. The average Bonchev–Trinajstić information content (AvgIpc) is 2.50. The quantitative estimate of drug-likeness (QED) is 0.622. The Hall–Kier alpha value is 0.160. The van der Waals surface area contributed by atoms with E-state index in [1.165, 1.54) is 31.4 Å². The molecule has 0 saturated carbocycles. The van der Waals surface area contributed by atoms with E-state index < -0.39 is 0 Å². The molecule has 0 atom stereocenters. The van der Waals surface area contributed by atoms with Crippen LogP contribution in [0.3, 0.4) is 0 Å². The lowest BCUT2D eigenvalue weighted by Gasteiger charge is -1.90. The highest BCUT2D eigenvalue weighted by Gasteiger charge is 2.04. The second-order valence-electron chi connectivity index (χ2n) is 2.14. The third kappa shape index (κ3) is 1.59. The van der Waals surface area contributed by atoms with Crippen LogP contribution in [0, 0.1) is 0 Å². The van der Waals surface area contributed by atoms with Gasteiger partial charge in [-0.3, -0.25) is 0 Å². The number of thiol groups is 1. The van der Waals surface area contributed by atoms with Crippen LogP contribution < -0.4 is 0 Å². The Labute approximate surface area is 87.3 Å². The van der Waals surface area contributed by atoms with E-state index in [0.717, 1.165) is 5.03 Å². The summed E-state index contributed by atoms with van der Waals surface area (Å²) in [6.07, 6.45) is 0. The molecule has 1 heterocycles. The molecular formula is C7H5NS4. The molecule has 1 aromatic heterocycles. The molecule has 0 aliphatic rings. The molecule has 0 N–H and O–H groups in total. The van der Waals surface area contributed by atoms with Gasteiger partial charge < -0.3 is 0 Å². The Morgan fingerprint density at radius 1 is 1.33 bits per heavy atom. The Kier molecular flexibility index (Phi) is 2.85. The van der Waals surface area contributed by atoms with Crippen LogP contribution in [0.2, 0.25) is 0 Å². The first-order chi connectivity index (χ1) is 5.92. The molecule has 12 heavy (non-hydrogen) atoms. The zero-order chi connectivity index (χ0) is 8.39. The Balaban J connectivity index is 2.55. The lowest BCUT2D eigenvalue weighted by molar-refractivity contribution is 1.34. The monoisotopic (exact) mass is 231 g/mol. The highest BCUT2D eigenvalue weighted by atomic mass is 33.5. The molecule has 0 fully saturated rings. The van der Waals surface area contributed by atoms with E-state index in [9.17, 15) is 0 Å². The van der Waals surface area contributed by atoms with Gasteiger partial charge in [0.15, 0.2) is 0 Å². The van der Waals surface area contributed by atoms with Gasteiger partial charge in [-0.15, -0.1) is 0 Å². The maximum absolute atomic E-state index is 4.32. The van der Waals surface area contributed by atoms with E-state index in [4.69, 9.17) is 0 Å². The third-order valence-corrected chi connectivity index (χ3v) is 4.31. The van der Waals surface area contributed by atoms with Crippen LogP contribution in [0.4, 0.5) is 0 Å². The molecule has 62 valence electrons. The largest absolute Gasteiger partial charge is 0.184 e. The first kappa shape index (κ1) is 8.74. The summed E-state index contributed by atoms with van der Waals surface area (Å²) < 4.78 is 5.56. The SMILES string of the molecule is SSSc1nsc2ccccc12. The minimum Gasteiger partial charge on any atom is -0.184 e. The fourth-order valence-electron chi connectivity index (χ4n) is 0.958. The Bertz CT molecular complexity index is 384. The smallest absolute Gasteiger partial charge is 0.129 e. The summed E-state index contributed by atoms with van der Waals surface area (Å²) in [6, 6.07) is 8.23. The number of benzene rings is 1. The summed E-state index contributed by atoms with van der Waals surface area (Å²) in [4.78, 5) is 0. The molecular weight excluding hydrogens is 226 g/mol. The van der Waals surface area contributed by atoms with E-state index in [-0.39, 0.29) is 0 Å². The fraction of sp³-hybridized carbons (Fsp3) is 0. The van der Waals surface area contributed by atoms with Crippen LogP contribution in [0.5, 0.6) is 0 Å². The van der Waals surface area contributed by atoms with Crippen molar-refractivity contribution >= 4 is 53.9 Å². The Morgan fingerprint density at radius 2 is 2.17 bits per heavy atom. The predicted octanol–water partition coefficient (Wildman–Crippen LogP) is 3.88. The van der Waals surface area contributed by atoms with Crippen LogP contribution in [-0.4, -0.2) is 4.37 Å². The molecule has 0 spiro atoms. The van der Waals surface area contributed by atoms with Crippen LogP contribution in [0.1, 0.15) is 0 Å². The standard InChI is InChI=1S/C7H5NS4/c9-12-11-7-5-3-1-2-4-6(5)10-8-7/h1-4,9H. The van der Waals surface area contributed by atoms with Crippen LogP contribution in [-0.2, 0) is 0 Å². The summed E-state index contributed by atoms with van der Waals surface area (Å²) in [5.74, 6) is 0. The minimum atomic E-state index is 1.07. The number of hydrogen-bond acceptors (Lipinski definition) is 5. The summed E-state index contributed by atoms with van der Waals surface area (Å²) in [7, 11) is 3.02. The van der Waals surface area contributed by atoms with Crippen LogP contribution in [0.25, 0.3) is 10.1 Å². The molecule has 0 saturated heterocycles. The molecule has 1 nitrogen and oxygen atoms in total. The molecule has 0 radical (unpaired) electrons. The van der Waals surface area contributed by atoms with Crippen molar-refractivity contribution in [3.8, 4) is 0 Å². The second kappa shape index (κ2) is 3.91. The van der Waals surface area contributed by atoms with E-state index in [1.54, 1.807) is 10.8 Å². The number of aromatic nitrogens is 1. The minimum absolute atomic E-state index is 1.07. The van der Waals surface area contributed by atoms with Gasteiger partial charge in [0, 0.05) is 5.39 Å². The normalized spacial score (nSPS) is 10.8. The molecule has 0 bridgehead atoms. The summed E-state index contributed by atoms with van der Waals surface area (Å²) in [5.41, 5.74) is 0. The van der Waals surface area contributed by atoms with E-state index in [1.807, 2.05) is 12.1 Å². The number of fused-ring (bicyclic) bond motifs is 1. The van der Waals surface area contributed by atoms with Crippen molar-refractivity contribution < 1.29 is 0 Å². The van der Waals surface area contributed by atoms with Crippen molar-refractivity contribution in [3.05, 3.63) is 24.3 Å². The average molecular weight is 231 g/mol. The molecule has 5 heteroatoms. The van der Waals surface area contributed by atoms with Gasteiger partial charge in [0.1, 0.15) is 5.03 Å². The third-order valence-electron chi connectivity index (χ3n) is 1.46. The summed E-state index contributed by atoms with van der Waals surface area (Å²) >= 11 is 5.61. The number of hydrogen-bond donors (Lipinski definition) is 1. The predicted molar refractivity (Wildman–Crippen MR) is 62.1 cm³/mol. The number of rotatable bonds is 2. The molecule has 0 unspecified atom stereocenters. The van der Waals surface area contributed by atoms with Crippen molar-refractivity contribution in [2.45, 2.75) is 5.03 Å². The van der Waals surface area contributed by atoms with Gasteiger partial charge in [0.25, 0.3) is 0 Å². The molecule has 2 rings (SSSR count). The molecule has 2 aromatic rings. The van der Waals surface area contributed by atoms with Crippen molar-refractivity contribution in [2.75, 3.05) is 0 Å². The van der Waals surface area contributed by atoms with Gasteiger partial charge in [-0.1, -0.05) is 29.9 Å². The zero-order valence-electron chi connectivity index (χ0n) is 5.93. The highest BCUT2D eigenvalue weighted by Crippen LogP contribution is 2.38. The van der Waals surface area contributed by atoms with E-state index in [0.29, 0.717) is 0 Å². The van der Waals surface area contributed by atoms with Gasteiger partial charge >= 0.3 is 0 Å². The summed E-state index contributed by atoms with van der Waals surface area (Å²) in [6.45, 7) is 0. The molecule has 0 aliphatic heterocycles. The first-order valence-electron chi connectivity index (χ1n) is 3.24. The van der Waals surface area contributed by atoms with Gasteiger partial charge in [-0.2, -0.15) is 4.37 Å². The van der Waals surface area contributed by atoms with Gasteiger partial charge in [0.2, 0.25) is 0 Å². The maximum Gasteiger partial charge on any atom is 0.129 e. The van der Waals surface area contributed by atoms with Gasteiger partial charge in [0.05, 0.1) is 4.70 Å². The van der Waals surface area contributed by atoms with Crippen LogP contribution in [0.15, 0.2) is 29.3 Å². The number of nitrogens with zero attached hydrogens (tertiary/aromatic N) is 1. The Morgan fingerprint density at radius 3 is 3.00 bits per heavy atom. The van der Waals surface area contributed by atoms with Crippen molar-refractivity contribution in [1.82, 2.24) is 4.37 Å². The van der Waals surface area contributed by atoms with Crippen LogP contribution >= 0.6 is 43.8 Å². The first-order valence-corrected chi connectivity index (χ1v) is 7.22. The van der Waals surface area contributed by atoms with Crippen molar-refractivity contribution in [1.29, 1.82) is 0 Å². The van der Waals surface area contributed by atoms with E-state index in [2.05, 4.69) is 28.2 Å². The van der Waals surface area contributed by atoms with Gasteiger partial charge in [-0.05, 0) is 38.2 Å². The lowest BCUT2D eigenvalue weighted by Crippen LogP contribution is -1.65. The van der Waals surface area contributed by atoms with Gasteiger partial charge in [-0.25, -0.2) is 0 Å². The zero-order valence-corrected chi connectivity index (χ0v) is 9.27. The topological polar surface area (TPSA) is 12.9 Å². The lowest BCUT2D eigenvalue weighted by atomic mass is 10.3. The van der Waals surface area contributed by atoms with E-state index >= 15 is 0 Å². The maximum atomic E-state index is 4.32. The molecule has 0 aliphatic carbocycles. The van der Waals surface area contributed by atoms with Crippen molar-refractivity contribution in [2.24, 2.45) is 0 Å². The van der Waals surface area contributed by atoms with Crippen molar-refractivity contribution in [3.63, 3.8) is 0 Å².